The largest absolute Gasteiger partial charge is 0.508 e. The van der Waals surface area contributed by atoms with Crippen molar-refractivity contribution in [2.24, 2.45) is 5.41 Å². The number of aryl methyl sites for hydroxylation is 1. The van der Waals surface area contributed by atoms with Gasteiger partial charge in [-0.1, -0.05) is 6.07 Å². The number of nitrogens with one attached hydrogen (secondary N) is 1. The van der Waals surface area contributed by atoms with Gasteiger partial charge < -0.3 is 15.5 Å². The molecule has 104 valence electrons. The van der Waals surface area contributed by atoms with Gasteiger partial charge in [0.05, 0.1) is 0 Å². The molecule has 0 aliphatic heterocycles. The average molecular weight is 261 g/mol. The molecule has 3 N–H and O–H groups in total. The Morgan fingerprint density at radius 3 is 2.89 bits per heavy atom. The van der Waals surface area contributed by atoms with Crippen molar-refractivity contribution >= 4 is 0 Å². The third kappa shape index (κ3) is 2.77. The van der Waals surface area contributed by atoms with Gasteiger partial charge in [0.15, 0.2) is 0 Å². The highest BCUT2D eigenvalue weighted by Crippen LogP contribution is 2.48. The molecule has 0 radical (unpaired) electrons. The topological polar surface area (TPSA) is 52.5 Å². The maximum absolute atomic E-state index is 9.57. The van der Waals surface area contributed by atoms with Crippen LogP contribution in [0.1, 0.15) is 49.3 Å². The summed E-state index contributed by atoms with van der Waals surface area (Å²) in [6, 6.07) is 6.18. The minimum Gasteiger partial charge on any atom is -0.508 e. The summed E-state index contributed by atoms with van der Waals surface area (Å²) in [4.78, 5) is 0. The molecule has 3 rings (SSSR count). The van der Waals surface area contributed by atoms with E-state index in [-0.39, 0.29) is 0 Å². The number of aliphatic hydroxyl groups is 1. The summed E-state index contributed by atoms with van der Waals surface area (Å²) >= 11 is 0. The number of hydrogen-bond donors (Lipinski definition) is 3. The van der Waals surface area contributed by atoms with Gasteiger partial charge in [-0.3, -0.25) is 0 Å². The van der Waals surface area contributed by atoms with Crippen molar-refractivity contribution in [2.45, 2.75) is 44.6 Å². The van der Waals surface area contributed by atoms with E-state index in [1.165, 1.54) is 36.8 Å². The number of rotatable bonds is 5. The molecule has 19 heavy (non-hydrogen) atoms. The van der Waals surface area contributed by atoms with E-state index < -0.39 is 0 Å². The van der Waals surface area contributed by atoms with Crippen LogP contribution in [0, 0.1) is 5.41 Å². The van der Waals surface area contributed by atoms with Crippen molar-refractivity contribution in [1.82, 2.24) is 5.32 Å². The van der Waals surface area contributed by atoms with E-state index in [1.807, 2.05) is 6.07 Å². The number of phenols is 1. The zero-order valence-corrected chi connectivity index (χ0v) is 11.4. The lowest BCUT2D eigenvalue weighted by Gasteiger charge is -2.28. The lowest BCUT2D eigenvalue weighted by atomic mass is 9.87. The quantitative estimate of drug-likeness (QED) is 0.763. The second kappa shape index (κ2) is 5.14. The Balaban J connectivity index is 1.67. The van der Waals surface area contributed by atoms with Crippen LogP contribution in [-0.4, -0.2) is 23.4 Å². The zero-order valence-electron chi connectivity index (χ0n) is 11.4. The summed E-state index contributed by atoms with van der Waals surface area (Å²) in [5, 5.41) is 22.4. The van der Waals surface area contributed by atoms with Crippen LogP contribution in [0.2, 0.25) is 0 Å². The predicted molar refractivity (Wildman–Crippen MR) is 75.2 cm³/mol. The first-order chi connectivity index (χ1) is 9.22. The maximum atomic E-state index is 9.57. The average Bonchev–Trinajstić information content (AvgIpc) is 3.16. The van der Waals surface area contributed by atoms with Gasteiger partial charge in [0.2, 0.25) is 0 Å². The molecule has 0 bridgehead atoms. The van der Waals surface area contributed by atoms with Crippen molar-refractivity contribution in [2.75, 3.05) is 13.2 Å². The summed E-state index contributed by atoms with van der Waals surface area (Å²) in [6.45, 7) is 1.31. The van der Waals surface area contributed by atoms with Crippen molar-refractivity contribution in [3.8, 4) is 5.75 Å². The Labute approximate surface area is 114 Å². The third-order valence-electron chi connectivity index (χ3n) is 4.76. The molecular weight excluding hydrogens is 238 g/mol. The fraction of sp³-hybridized carbons (Fsp3) is 0.625. The molecule has 3 nitrogen and oxygen atoms in total. The number of hydrogen-bond acceptors (Lipinski definition) is 3. The molecular formula is C16H23NO2. The minimum absolute atomic E-state index is 0.302. The number of benzene rings is 1. The van der Waals surface area contributed by atoms with E-state index in [0.717, 1.165) is 19.4 Å². The zero-order chi connectivity index (χ0) is 13.3. The Kier molecular flexibility index (Phi) is 3.50. The highest BCUT2D eigenvalue weighted by molar-refractivity contribution is 5.38. The molecule has 2 aliphatic rings. The van der Waals surface area contributed by atoms with Gasteiger partial charge in [-0.2, -0.15) is 0 Å². The Morgan fingerprint density at radius 2 is 2.16 bits per heavy atom. The summed E-state index contributed by atoms with van der Waals surface area (Å²) in [5.41, 5.74) is 3.00. The monoisotopic (exact) mass is 261 g/mol. The first-order valence-electron chi connectivity index (χ1n) is 7.38. The van der Waals surface area contributed by atoms with E-state index in [1.54, 1.807) is 6.07 Å². The van der Waals surface area contributed by atoms with Crippen LogP contribution >= 0.6 is 0 Å². The smallest absolute Gasteiger partial charge is 0.115 e. The van der Waals surface area contributed by atoms with Crippen LogP contribution in [0.5, 0.6) is 5.75 Å². The number of aromatic hydroxyl groups is 1. The molecule has 0 saturated heterocycles. The molecule has 0 aromatic heterocycles. The molecule has 3 heteroatoms. The molecule has 0 spiro atoms. The molecule has 0 heterocycles. The molecule has 1 fully saturated rings. The van der Waals surface area contributed by atoms with Crippen LogP contribution in [-0.2, 0) is 6.42 Å². The Morgan fingerprint density at radius 1 is 1.32 bits per heavy atom. The van der Waals surface area contributed by atoms with E-state index in [9.17, 15) is 5.11 Å². The number of fused-ring (bicyclic) bond motifs is 1. The van der Waals surface area contributed by atoms with Gasteiger partial charge in [-0.25, -0.2) is 0 Å². The molecule has 1 unspecified atom stereocenters. The molecule has 2 aliphatic carbocycles. The predicted octanol–water partition coefficient (Wildman–Crippen LogP) is 2.52. The van der Waals surface area contributed by atoms with Gasteiger partial charge in [0.1, 0.15) is 5.75 Å². The van der Waals surface area contributed by atoms with Crippen molar-refractivity contribution < 1.29 is 10.2 Å². The van der Waals surface area contributed by atoms with Crippen molar-refractivity contribution in [3.05, 3.63) is 29.3 Å². The van der Waals surface area contributed by atoms with Gasteiger partial charge in [-0.15, -0.1) is 0 Å². The summed E-state index contributed by atoms with van der Waals surface area (Å²) in [6.07, 6.45) is 6.85. The van der Waals surface area contributed by atoms with Crippen LogP contribution in [0.15, 0.2) is 18.2 Å². The standard InChI is InChI=1S/C16H23NO2/c18-9-8-16(6-7-16)11-17-15-3-1-2-12-10-13(19)4-5-14(12)15/h4-5,10,15,17-19H,1-3,6-9,11H2. The minimum atomic E-state index is 0.302. The fourth-order valence-electron chi connectivity index (χ4n) is 3.28. The number of phenolic OH excluding ortho intramolecular Hbond substituents is 1. The normalized spacial score (nSPS) is 23.9. The maximum Gasteiger partial charge on any atom is 0.115 e. The first kappa shape index (κ1) is 12.9. The van der Waals surface area contributed by atoms with Crippen molar-refractivity contribution in [3.63, 3.8) is 0 Å². The first-order valence-corrected chi connectivity index (χ1v) is 7.38. The highest BCUT2D eigenvalue weighted by atomic mass is 16.3. The Hall–Kier alpha value is -1.06. The van der Waals surface area contributed by atoms with E-state index in [0.29, 0.717) is 23.8 Å². The second-order valence-electron chi connectivity index (χ2n) is 6.18. The molecule has 1 aromatic carbocycles. The molecule has 1 saturated carbocycles. The van der Waals surface area contributed by atoms with E-state index >= 15 is 0 Å². The molecule has 1 atom stereocenters. The fourth-order valence-corrected chi connectivity index (χ4v) is 3.28. The van der Waals surface area contributed by atoms with Gasteiger partial charge >= 0.3 is 0 Å². The number of aliphatic hydroxyl groups excluding tert-OH is 1. The third-order valence-corrected chi connectivity index (χ3v) is 4.76. The Bertz CT molecular complexity index is 454. The molecule has 1 aromatic rings. The van der Waals surface area contributed by atoms with Crippen LogP contribution in [0.25, 0.3) is 0 Å². The molecule has 0 amide bonds. The highest BCUT2D eigenvalue weighted by Gasteiger charge is 2.41. The lowest BCUT2D eigenvalue weighted by molar-refractivity contribution is 0.240. The van der Waals surface area contributed by atoms with Gasteiger partial charge in [0.25, 0.3) is 0 Å². The summed E-state index contributed by atoms with van der Waals surface area (Å²) in [5.74, 6) is 0.373. The SMILES string of the molecule is OCCC1(CNC2CCCc3cc(O)ccc32)CC1. The van der Waals surface area contributed by atoms with Gasteiger partial charge in [-0.05, 0) is 67.2 Å². The van der Waals surface area contributed by atoms with Crippen LogP contribution in [0.4, 0.5) is 0 Å². The van der Waals surface area contributed by atoms with E-state index in [2.05, 4.69) is 11.4 Å². The van der Waals surface area contributed by atoms with Crippen molar-refractivity contribution in [1.29, 1.82) is 0 Å². The lowest BCUT2D eigenvalue weighted by Crippen LogP contribution is -2.31. The second-order valence-corrected chi connectivity index (χ2v) is 6.18. The van der Waals surface area contributed by atoms with Crippen LogP contribution in [0.3, 0.4) is 0 Å². The van der Waals surface area contributed by atoms with E-state index in [4.69, 9.17) is 5.11 Å². The van der Waals surface area contributed by atoms with Gasteiger partial charge in [0, 0.05) is 19.2 Å². The van der Waals surface area contributed by atoms with Crippen LogP contribution < -0.4 is 5.32 Å². The summed E-state index contributed by atoms with van der Waals surface area (Å²) in [7, 11) is 0. The summed E-state index contributed by atoms with van der Waals surface area (Å²) < 4.78 is 0.